The number of rotatable bonds is 6. The van der Waals surface area contributed by atoms with Crippen LogP contribution in [0.2, 0.25) is 0 Å². The van der Waals surface area contributed by atoms with Crippen LogP contribution in [0.25, 0.3) is 16.3 Å². The van der Waals surface area contributed by atoms with Crippen molar-refractivity contribution in [3.8, 4) is 0 Å². The Labute approximate surface area is 159 Å². The van der Waals surface area contributed by atoms with E-state index >= 15 is 0 Å². The molecule has 0 bridgehead atoms. The normalized spacial score (nSPS) is 11.2. The largest absolute Gasteiger partial charge is 0.452 e. The van der Waals surface area contributed by atoms with Gasteiger partial charge in [0, 0.05) is 22.9 Å². The number of likely N-dealkylation sites (N-methyl/N-ethyl adjacent to an activating group) is 1. The highest BCUT2D eigenvalue weighted by atomic mass is 32.1. The fourth-order valence-electron chi connectivity index (χ4n) is 2.26. The molecule has 0 fully saturated rings. The van der Waals surface area contributed by atoms with Crippen LogP contribution in [0.4, 0.5) is 0 Å². The van der Waals surface area contributed by atoms with E-state index in [1.807, 2.05) is 43.3 Å². The number of thiazole rings is 1. The van der Waals surface area contributed by atoms with Crippen molar-refractivity contribution in [2.75, 3.05) is 13.7 Å². The fourth-order valence-corrected chi connectivity index (χ4v) is 4.06. The molecule has 26 heavy (non-hydrogen) atoms. The minimum Gasteiger partial charge on any atom is -0.452 e. The van der Waals surface area contributed by atoms with Crippen molar-refractivity contribution in [1.82, 2.24) is 9.88 Å². The molecule has 3 rings (SSSR count). The highest BCUT2D eigenvalue weighted by Gasteiger charge is 2.13. The van der Waals surface area contributed by atoms with Gasteiger partial charge in [0.15, 0.2) is 6.61 Å². The van der Waals surface area contributed by atoms with Gasteiger partial charge in [0.05, 0.1) is 16.8 Å². The standard InChI is InChI=1S/C19H18N2O3S2/c1-13-7-8-14(25-13)9-10-19(23)24-12-18(22)21(2)11-17-20-15-5-3-4-6-16(15)26-17/h3-10H,11-12H2,1-2H3/b10-9+. The van der Waals surface area contributed by atoms with Crippen LogP contribution >= 0.6 is 22.7 Å². The number of para-hydroxylation sites is 1. The lowest BCUT2D eigenvalue weighted by atomic mass is 10.3. The maximum Gasteiger partial charge on any atom is 0.331 e. The van der Waals surface area contributed by atoms with Gasteiger partial charge in [0.1, 0.15) is 5.01 Å². The molecular formula is C19H18N2O3S2. The Morgan fingerprint density at radius 3 is 2.73 bits per heavy atom. The third-order valence-corrected chi connectivity index (χ3v) is 5.61. The van der Waals surface area contributed by atoms with Crippen LogP contribution in [0.5, 0.6) is 0 Å². The van der Waals surface area contributed by atoms with Crippen molar-refractivity contribution in [1.29, 1.82) is 0 Å². The van der Waals surface area contributed by atoms with Crippen LogP contribution < -0.4 is 0 Å². The summed E-state index contributed by atoms with van der Waals surface area (Å²) in [5, 5.41) is 0.848. The van der Waals surface area contributed by atoms with E-state index in [9.17, 15) is 9.59 Å². The Morgan fingerprint density at radius 1 is 1.19 bits per heavy atom. The van der Waals surface area contributed by atoms with Crippen LogP contribution in [-0.2, 0) is 20.9 Å². The zero-order valence-electron chi connectivity index (χ0n) is 14.5. The van der Waals surface area contributed by atoms with Gasteiger partial charge >= 0.3 is 5.97 Å². The average molecular weight is 386 g/mol. The zero-order chi connectivity index (χ0) is 18.5. The molecule has 0 saturated heterocycles. The first-order chi connectivity index (χ1) is 12.5. The maximum absolute atomic E-state index is 12.1. The number of esters is 1. The molecule has 134 valence electrons. The molecular weight excluding hydrogens is 368 g/mol. The molecule has 2 heterocycles. The molecule has 7 heteroatoms. The van der Waals surface area contributed by atoms with Gasteiger partial charge in [-0.1, -0.05) is 12.1 Å². The van der Waals surface area contributed by atoms with Gasteiger partial charge in [-0.3, -0.25) is 4.79 Å². The van der Waals surface area contributed by atoms with Gasteiger partial charge < -0.3 is 9.64 Å². The lowest BCUT2D eigenvalue weighted by Gasteiger charge is -2.15. The number of hydrogen-bond donors (Lipinski definition) is 0. The van der Waals surface area contributed by atoms with Gasteiger partial charge in [0.2, 0.25) is 0 Å². The summed E-state index contributed by atoms with van der Waals surface area (Å²) >= 11 is 3.14. The van der Waals surface area contributed by atoms with E-state index < -0.39 is 5.97 Å². The molecule has 0 aliphatic heterocycles. The van der Waals surface area contributed by atoms with Crippen LogP contribution in [0.15, 0.2) is 42.5 Å². The fraction of sp³-hybridized carbons (Fsp3) is 0.211. The second-order valence-electron chi connectivity index (χ2n) is 5.71. The van der Waals surface area contributed by atoms with Crippen molar-refractivity contribution >= 4 is 50.8 Å². The third kappa shape index (κ3) is 4.77. The van der Waals surface area contributed by atoms with Crippen molar-refractivity contribution in [2.24, 2.45) is 0 Å². The Balaban J connectivity index is 1.49. The van der Waals surface area contributed by atoms with Crippen LogP contribution in [0.3, 0.4) is 0 Å². The number of fused-ring (bicyclic) bond motifs is 1. The predicted octanol–water partition coefficient (Wildman–Crippen LogP) is 3.88. The Hall–Kier alpha value is -2.51. The number of nitrogens with zero attached hydrogens (tertiary/aromatic N) is 2. The van der Waals surface area contributed by atoms with Crippen molar-refractivity contribution < 1.29 is 14.3 Å². The molecule has 0 unspecified atom stereocenters. The molecule has 0 N–H and O–H groups in total. The van der Waals surface area contributed by atoms with Crippen LogP contribution in [-0.4, -0.2) is 35.4 Å². The van der Waals surface area contributed by atoms with E-state index in [1.165, 1.54) is 15.9 Å². The number of thiophene rings is 1. The Kier molecular flexibility index (Phi) is 5.80. The molecule has 3 aromatic rings. The summed E-state index contributed by atoms with van der Waals surface area (Å²) in [4.78, 5) is 32.0. The van der Waals surface area contributed by atoms with Gasteiger partial charge in [-0.05, 0) is 37.3 Å². The summed E-state index contributed by atoms with van der Waals surface area (Å²) in [6.07, 6.45) is 3.03. The monoisotopic (exact) mass is 386 g/mol. The summed E-state index contributed by atoms with van der Waals surface area (Å²) in [7, 11) is 1.67. The predicted molar refractivity (Wildman–Crippen MR) is 105 cm³/mol. The lowest BCUT2D eigenvalue weighted by Crippen LogP contribution is -2.30. The lowest BCUT2D eigenvalue weighted by molar-refractivity contribution is -0.147. The maximum atomic E-state index is 12.1. The SMILES string of the molecule is Cc1ccc(/C=C/C(=O)OCC(=O)N(C)Cc2nc3ccccc3s2)s1. The minimum absolute atomic E-state index is 0.266. The summed E-state index contributed by atoms with van der Waals surface area (Å²) in [6, 6.07) is 11.8. The molecule has 1 amide bonds. The second-order valence-corrected chi connectivity index (χ2v) is 8.15. The molecule has 0 aliphatic carbocycles. The quantitative estimate of drug-likeness (QED) is 0.476. The topological polar surface area (TPSA) is 59.5 Å². The van der Waals surface area contributed by atoms with E-state index in [4.69, 9.17) is 4.74 Å². The first kappa shape index (κ1) is 18.3. The molecule has 0 atom stereocenters. The van der Waals surface area contributed by atoms with Crippen molar-refractivity contribution in [3.05, 3.63) is 57.2 Å². The van der Waals surface area contributed by atoms with Gasteiger partial charge in [-0.2, -0.15) is 0 Å². The first-order valence-corrected chi connectivity index (χ1v) is 9.64. The number of carbonyl (C=O) groups excluding carboxylic acids is 2. The van der Waals surface area contributed by atoms with Crippen molar-refractivity contribution in [3.63, 3.8) is 0 Å². The molecule has 2 aromatic heterocycles. The zero-order valence-corrected chi connectivity index (χ0v) is 16.1. The number of benzene rings is 1. The molecule has 0 aliphatic rings. The number of aromatic nitrogens is 1. The Bertz CT molecular complexity index is 926. The van der Waals surface area contributed by atoms with E-state index in [0.29, 0.717) is 6.54 Å². The summed E-state index contributed by atoms with van der Waals surface area (Å²) in [6.45, 7) is 2.11. The van der Waals surface area contributed by atoms with E-state index in [0.717, 1.165) is 20.1 Å². The molecule has 1 aromatic carbocycles. The van der Waals surface area contributed by atoms with Crippen LogP contribution in [0, 0.1) is 6.92 Å². The minimum atomic E-state index is -0.530. The number of ether oxygens (including phenoxy) is 1. The average Bonchev–Trinajstić information content (AvgIpc) is 3.22. The molecule has 5 nitrogen and oxygen atoms in total. The molecule has 0 radical (unpaired) electrons. The van der Waals surface area contributed by atoms with E-state index in [2.05, 4.69) is 4.98 Å². The highest BCUT2D eigenvalue weighted by Crippen LogP contribution is 2.22. The van der Waals surface area contributed by atoms with Crippen molar-refractivity contribution in [2.45, 2.75) is 13.5 Å². The number of hydrogen-bond acceptors (Lipinski definition) is 6. The Morgan fingerprint density at radius 2 is 2.00 bits per heavy atom. The van der Waals surface area contributed by atoms with Crippen LogP contribution in [0.1, 0.15) is 14.8 Å². The number of carbonyl (C=O) groups is 2. The number of aryl methyl sites for hydroxylation is 1. The number of amides is 1. The van der Waals surface area contributed by atoms with Gasteiger partial charge in [0.25, 0.3) is 5.91 Å². The first-order valence-electron chi connectivity index (χ1n) is 8.01. The molecule has 0 spiro atoms. The third-order valence-electron chi connectivity index (χ3n) is 3.62. The summed E-state index contributed by atoms with van der Waals surface area (Å²) in [5.41, 5.74) is 0.925. The smallest absolute Gasteiger partial charge is 0.331 e. The molecule has 0 saturated carbocycles. The van der Waals surface area contributed by atoms with Gasteiger partial charge in [-0.25, -0.2) is 9.78 Å². The van der Waals surface area contributed by atoms with E-state index in [1.54, 1.807) is 35.8 Å². The van der Waals surface area contributed by atoms with E-state index in [-0.39, 0.29) is 12.5 Å². The second kappa shape index (κ2) is 8.25. The highest BCUT2D eigenvalue weighted by molar-refractivity contribution is 7.18. The van der Waals surface area contributed by atoms with Gasteiger partial charge in [-0.15, -0.1) is 22.7 Å². The summed E-state index contributed by atoms with van der Waals surface area (Å²) in [5.74, 6) is -0.796. The summed E-state index contributed by atoms with van der Waals surface area (Å²) < 4.78 is 6.11.